The first kappa shape index (κ1) is 61.8. The molecule has 6 aliphatic carbocycles. The van der Waals surface area contributed by atoms with Crippen molar-refractivity contribution in [3.05, 3.63) is 34.0 Å². The second-order valence-electron chi connectivity index (χ2n) is 20.6. The van der Waals surface area contributed by atoms with E-state index in [-0.39, 0.29) is 60.6 Å². The van der Waals surface area contributed by atoms with E-state index in [0.717, 1.165) is 0 Å². The van der Waals surface area contributed by atoms with E-state index in [4.69, 9.17) is 0 Å². The summed E-state index contributed by atoms with van der Waals surface area (Å²) in [4.78, 5) is 36.9. The zero-order valence-electron chi connectivity index (χ0n) is 38.1. The average Bonchev–Trinajstić information content (AvgIpc) is 3.79. The predicted molar refractivity (Wildman–Crippen MR) is 196 cm³/mol. The van der Waals surface area contributed by atoms with Gasteiger partial charge in [0.15, 0.2) is 34.6 Å². The van der Waals surface area contributed by atoms with Crippen LogP contribution in [0.4, 0.5) is 92.2 Å². The number of aliphatic hydroxyl groups excluding tert-OH is 3. The Morgan fingerprint density at radius 3 is 0.643 bits per heavy atom. The second-order valence-corrected chi connectivity index (χ2v) is 20.6. The summed E-state index contributed by atoms with van der Waals surface area (Å²) in [5.41, 5.74) is -9.29. The van der Waals surface area contributed by atoms with E-state index in [9.17, 15) is 122 Å². The molecule has 6 rings (SSSR count). The molecule has 0 spiro atoms. The molecule has 6 fully saturated rings. The summed E-state index contributed by atoms with van der Waals surface area (Å²) in [5.74, 6) is -50.5. The second kappa shape index (κ2) is 17.0. The van der Waals surface area contributed by atoms with E-state index >= 15 is 0 Å². The van der Waals surface area contributed by atoms with E-state index in [2.05, 4.69) is 0 Å². The maximum atomic E-state index is 13.7. The number of hydrogen-bond donors (Lipinski definition) is 3. The number of carbonyl (C=O) groups excluding carboxylic acids is 3. The van der Waals surface area contributed by atoms with Gasteiger partial charge in [-0.05, 0) is 72.5 Å². The van der Waals surface area contributed by atoms with Crippen LogP contribution >= 0.6 is 0 Å². The molecule has 0 saturated heterocycles. The minimum Gasteiger partial charge on any atom is -0.506 e. The van der Waals surface area contributed by atoms with Crippen LogP contribution in [-0.2, 0) is 14.4 Å². The normalized spacial score (nSPS) is 32.8. The fraction of sp³-hybridized carbons (Fsp3) is 0.786. The van der Waals surface area contributed by atoms with Crippen molar-refractivity contribution >= 4 is 17.3 Å². The van der Waals surface area contributed by atoms with E-state index in [0.29, 0.717) is 19.3 Å². The van der Waals surface area contributed by atoms with Crippen molar-refractivity contribution in [3.8, 4) is 0 Å². The van der Waals surface area contributed by atoms with E-state index in [1.807, 2.05) is 0 Å². The van der Waals surface area contributed by atoms with Crippen molar-refractivity contribution in [1.82, 2.24) is 0 Å². The van der Waals surface area contributed by atoms with Crippen LogP contribution in [0.3, 0.4) is 0 Å². The van der Waals surface area contributed by atoms with E-state index in [1.54, 1.807) is 41.5 Å². The molecule has 28 heteroatoms. The van der Waals surface area contributed by atoms with Crippen LogP contribution in [0.2, 0.25) is 0 Å². The molecule has 399 valence electrons. The first-order valence-electron chi connectivity index (χ1n) is 20.5. The standard InChI is InChI=1S/3C14H15F7O2.Pr/c3*1-10(2)6-4-5-11(10,3)8(22)7(6)9(23)12(15,16)13(17,18)14(19,20)21;/h3*6,23H,4-5H2,1-3H3;/b3*9-7-;/t3*6-,11+;/m111./s1. The molecule has 6 saturated carbocycles. The monoisotopic (exact) mass is 1190 g/mol. The van der Waals surface area contributed by atoms with E-state index in [1.165, 1.54) is 20.8 Å². The van der Waals surface area contributed by atoms with Gasteiger partial charge in [-0.15, -0.1) is 0 Å². The van der Waals surface area contributed by atoms with Gasteiger partial charge in [0.25, 0.3) is 0 Å². The van der Waals surface area contributed by atoms with E-state index < -0.39 is 156 Å². The van der Waals surface area contributed by atoms with Crippen molar-refractivity contribution in [2.45, 2.75) is 155 Å². The van der Waals surface area contributed by atoms with Gasteiger partial charge in [-0.2, -0.15) is 92.2 Å². The Bertz CT molecular complexity index is 2020. The summed E-state index contributed by atoms with van der Waals surface area (Å²) >= 11 is 0. The third-order valence-electron chi connectivity index (χ3n) is 16.9. The van der Waals surface area contributed by atoms with Crippen molar-refractivity contribution in [3.63, 3.8) is 0 Å². The average molecular weight is 1190 g/mol. The third kappa shape index (κ3) is 7.84. The Hall–Kier alpha value is -2.48. The molecule has 0 amide bonds. The first-order valence-corrected chi connectivity index (χ1v) is 20.5. The number of ketones is 3. The maximum absolute atomic E-state index is 13.7. The molecule has 0 heterocycles. The van der Waals surface area contributed by atoms with Crippen LogP contribution in [-0.4, -0.2) is 86.7 Å². The number of hydrogen-bond acceptors (Lipinski definition) is 6. The van der Waals surface area contributed by atoms with Gasteiger partial charge in [0.2, 0.25) is 0 Å². The number of fused-ring (bicyclic) bond motifs is 6. The van der Waals surface area contributed by atoms with Crippen LogP contribution < -0.4 is 0 Å². The fourth-order valence-corrected chi connectivity index (χ4v) is 10.9. The maximum Gasteiger partial charge on any atom is 0.460 e. The van der Waals surface area contributed by atoms with Crippen LogP contribution in [0, 0.1) is 91.5 Å². The molecule has 0 aliphatic heterocycles. The van der Waals surface area contributed by atoms with Gasteiger partial charge in [-0.1, -0.05) is 62.3 Å². The summed E-state index contributed by atoms with van der Waals surface area (Å²) in [6, 6.07) is 0. The smallest absolute Gasteiger partial charge is 0.460 e. The number of allylic oxidation sites excluding steroid dienone is 6. The van der Waals surface area contributed by atoms with Gasteiger partial charge >= 0.3 is 54.1 Å². The number of carbonyl (C=O) groups is 3. The Morgan fingerprint density at radius 2 is 0.529 bits per heavy atom. The Balaban J connectivity index is 0.000000276. The predicted octanol–water partition coefficient (Wildman–Crippen LogP) is 14.0. The number of rotatable bonds is 6. The van der Waals surface area contributed by atoms with Gasteiger partial charge < -0.3 is 15.3 Å². The molecule has 0 aromatic heterocycles. The van der Waals surface area contributed by atoms with Crippen molar-refractivity contribution in [1.29, 1.82) is 0 Å². The molecule has 6 bridgehead atoms. The zero-order chi connectivity index (χ0) is 54.7. The minimum absolute atomic E-state index is 0. The summed E-state index contributed by atoms with van der Waals surface area (Å²) < 4.78 is 271. The topological polar surface area (TPSA) is 112 Å². The van der Waals surface area contributed by atoms with Gasteiger partial charge in [0, 0.05) is 74.3 Å². The molecule has 6 nitrogen and oxygen atoms in total. The summed E-state index contributed by atoms with van der Waals surface area (Å²) in [6.07, 6.45) is -18.3. The van der Waals surface area contributed by atoms with Gasteiger partial charge in [0.05, 0.1) is 0 Å². The molecule has 3 N–H and O–H groups in total. The molecule has 6 aliphatic rings. The molecular weight excluding hydrogens is 1140 g/mol. The summed E-state index contributed by atoms with van der Waals surface area (Å²) in [7, 11) is 0. The molecular formula is C42H45F21O6Pr. The minimum atomic E-state index is -6.56. The Morgan fingerprint density at radius 1 is 0.371 bits per heavy atom. The molecule has 0 aromatic rings. The van der Waals surface area contributed by atoms with Crippen molar-refractivity contribution in [2.24, 2.45) is 50.2 Å². The number of aliphatic hydroxyl groups is 3. The van der Waals surface area contributed by atoms with Crippen LogP contribution in [0.25, 0.3) is 0 Å². The fourth-order valence-electron chi connectivity index (χ4n) is 10.9. The third-order valence-corrected chi connectivity index (χ3v) is 16.9. The number of alkyl halides is 21. The van der Waals surface area contributed by atoms with Crippen LogP contribution in [0.5, 0.6) is 0 Å². The molecule has 1 radical (unpaired) electrons. The Kier molecular flexibility index (Phi) is 15.0. The van der Waals surface area contributed by atoms with Crippen LogP contribution in [0.1, 0.15) is 101 Å². The van der Waals surface area contributed by atoms with Crippen LogP contribution in [0.15, 0.2) is 34.0 Å². The SMILES string of the molecule is CC1(C)[C@@H]2CC[C@@]1(C)C(=O)/C2=C(\O)C(F)(F)C(F)(F)C(F)(F)F.CC1(C)[C@@H]2CC[C@@]1(C)C(=O)/C2=C(\O)C(F)(F)C(F)(F)C(F)(F)F.CC1(C)[C@@H]2CC[C@@]1(C)C(=O)/C2=C(\O)C(F)(F)C(F)(F)C(F)(F)F.[Pr]. The summed E-state index contributed by atoms with van der Waals surface area (Å²) in [5, 5.41) is 28.6. The van der Waals surface area contributed by atoms with Gasteiger partial charge in [-0.25, -0.2) is 0 Å². The van der Waals surface area contributed by atoms with Gasteiger partial charge in [-0.3, -0.25) is 14.4 Å². The first-order chi connectivity index (χ1) is 30.1. The summed E-state index contributed by atoms with van der Waals surface area (Å²) in [6.45, 7) is 13.6. The molecule has 0 unspecified atom stereocenters. The molecule has 0 aromatic carbocycles. The number of halogens is 21. The molecule has 70 heavy (non-hydrogen) atoms. The number of Topliss-reactive ketones (excluding diaryl/α,β-unsaturated/α-hetero) is 3. The quantitative estimate of drug-likeness (QED) is 0.139. The Labute approximate surface area is 417 Å². The zero-order valence-corrected chi connectivity index (χ0v) is 41.8. The van der Waals surface area contributed by atoms with Crippen molar-refractivity contribution in [2.75, 3.05) is 0 Å². The largest absolute Gasteiger partial charge is 0.506 e. The molecule has 6 atom stereocenters. The van der Waals surface area contributed by atoms with Gasteiger partial charge in [0.1, 0.15) is 0 Å². The van der Waals surface area contributed by atoms with Crippen molar-refractivity contribution < 1.29 is 163 Å².